The van der Waals surface area contributed by atoms with E-state index in [2.05, 4.69) is 11.9 Å². The molecule has 1 saturated heterocycles. The fraction of sp³-hybridized carbons (Fsp3) is 0.636. The molecule has 1 rings (SSSR count). The molecule has 90 valence electrons. The SMILES string of the molecule is C=CCOC(=O)N1CCC(NC(=O)CC)C1. The van der Waals surface area contributed by atoms with Gasteiger partial charge in [-0.05, 0) is 6.42 Å². The number of ether oxygens (including phenoxy) is 1. The van der Waals surface area contributed by atoms with Gasteiger partial charge in [0, 0.05) is 25.6 Å². The van der Waals surface area contributed by atoms with Crippen LogP contribution in [-0.2, 0) is 9.53 Å². The maximum absolute atomic E-state index is 11.4. The summed E-state index contributed by atoms with van der Waals surface area (Å²) in [6.07, 6.45) is 2.45. The Morgan fingerprint density at radius 1 is 1.62 bits per heavy atom. The summed E-state index contributed by atoms with van der Waals surface area (Å²) in [4.78, 5) is 24.2. The predicted molar refractivity (Wildman–Crippen MR) is 60.0 cm³/mol. The highest BCUT2D eigenvalue weighted by Crippen LogP contribution is 2.10. The van der Waals surface area contributed by atoms with Crippen molar-refractivity contribution < 1.29 is 14.3 Å². The van der Waals surface area contributed by atoms with Crippen molar-refractivity contribution in [2.45, 2.75) is 25.8 Å². The molecule has 0 saturated carbocycles. The average Bonchev–Trinajstić information content (AvgIpc) is 2.74. The lowest BCUT2D eigenvalue weighted by molar-refractivity contribution is -0.121. The first-order chi connectivity index (χ1) is 7.67. The number of amides is 2. The number of hydrogen-bond donors (Lipinski definition) is 1. The molecule has 5 nitrogen and oxygen atoms in total. The highest BCUT2D eigenvalue weighted by molar-refractivity contribution is 5.76. The van der Waals surface area contributed by atoms with E-state index in [1.54, 1.807) is 11.8 Å². The zero-order valence-corrected chi connectivity index (χ0v) is 9.57. The molecule has 1 aliphatic rings. The van der Waals surface area contributed by atoms with Crippen molar-refractivity contribution >= 4 is 12.0 Å². The van der Waals surface area contributed by atoms with Crippen LogP contribution in [0.1, 0.15) is 19.8 Å². The minimum atomic E-state index is -0.340. The van der Waals surface area contributed by atoms with Gasteiger partial charge in [0.15, 0.2) is 0 Å². The van der Waals surface area contributed by atoms with Crippen LogP contribution in [0.2, 0.25) is 0 Å². The Morgan fingerprint density at radius 2 is 2.38 bits per heavy atom. The van der Waals surface area contributed by atoms with Crippen LogP contribution in [0.25, 0.3) is 0 Å². The zero-order chi connectivity index (χ0) is 12.0. The van der Waals surface area contributed by atoms with Crippen LogP contribution in [0.15, 0.2) is 12.7 Å². The quantitative estimate of drug-likeness (QED) is 0.725. The molecule has 2 amide bonds. The normalized spacial score (nSPS) is 19.3. The van der Waals surface area contributed by atoms with Crippen molar-refractivity contribution in [1.82, 2.24) is 10.2 Å². The molecule has 0 aromatic heterocycles. The van der Waals surface area contributed by atoms with Crippen molar-refractivity contribution in [2.24, 2.45) is 0 Å². The van der Waals surface area contributed by atoms with Crippen LogP contribution in [0.5, 0.6) is 0 Å². The molecule has 0 spiro atoms. The van der Waals surface area contributed by atoms with E-state index < -0.39 is 0 Å². The Balaban J connectivity index is 2.31. The average molecular weight is 226 g/mol. The molecule has 0 aromatic carbocycles. The second-order valence-electron chi connectivity index (χ2n) is 3.72. The van der Waals surface area contributed by atoms with Crippen LogP contribution in [-0.4, -0.2) is 42.6 Å². The van der Waals surface area contributed by atoms with Crippen molar-refractivity contribution in [1.29, 1.82) is 0 Å². The highest BCUT2D eigenvalue weighted by atomic mass is 16.6. The lowest BCUT2D eigenvalue weighted by atomic mass is 10.2. The maximum atomic E-state index is 11.4. The third-order valence-corrected chi connectivity index (χ3v) is 2.46. The largest absolute Gasteiger partial charge is 0.445 e. The van der Waals surface area contributed by atoms with Gasteiger partial charge in [-0.15, -0.1) is 0 Å². The summed E-state index contributed by atoms with van der Waals surface area (Å²) in [6, 6.07) is 0.0590. The second kappa shape index (κ2) is 6.15. The molecule has 1 aliphatic heterocycles. The van der Waals surface area contributed by atoms with Gasteiger partial charge in [0.2, 0.25) is 5.91 Å². The topological polar surface area (TPSA) is 58.6 Å². The van der Waals surface area contributed by atoms with Crippen LogP contribution in [0.3, 0.4) is 0 Å². The van der Waals surface area contributed by atoms with Crippen molar-refractivity contribution in [2.75, 3.05) is 19.7 Å². The molecule has 16 heavy (non-hydrogen) atoms. The van der Waals surface area contributed by atoms with E-state index in [0.717, 1.165) is 6.42 Å². The van der Waals surface area contributed by atoms with E-state index in [0.29, 0.717) is 19.5 Å². The Morgan fingerprint density at radius 3 is 3.00 bits per heavy atom. The molecule has 1 heterocycles. The lowest BCUT2D eigenvalue weighted by Crippen LogP contribution is -2.38. The van der Waals surface area contributed by atoms with Crippen molar-refractivity contribution in [3.8, 4) is 0 Å². The maximum Gasteiger partial charge on any atom is 0.410 e. The molecular weight excluding hydrogens is 208 g/mol. The van der Waals surface area contributed by atoms with Crippen LogP contribution in [0, 0.1) is 0 Å². The highest BCUT2D eigenvalue weighted by Gasteiger charge is 2.27. The molecule has 1 N–H and O–H groups in total. The predicted octanol–water partition coefficient (Wildman–Crippen LogP) is 0.909. The van der Waals surface area contributed by atoms with Gasteiger partial charge in [-0.25, -0.2) is 4.79 Å². The Bertz CT molecular complexity index is 278. The van der Waals surface area contributed by atoms with Crippen LogP contribution in [0.4, 0.5) is 4.79 Å². The lowest BCUT2D eigenvalue weighted by Gasteiger charge is -2.16. The fourth-order valence-corrected chi connectivity index (χ4v) is 1.60. The van der Waals surface area contributed by atoms with Crippen molar-refractivity contribution in [3.63, 3.8) is 0 Å². The van der Waals surface area contributed by atoms with E-state index in [4.69, 9.17) is 4.74 Å². The number of nitrogens with one attached hydrogen (secondary N) is 1. The first-order valence-electron chi connectivity index (χ1n) is 5.49. The number of rotatable bonds is 4. The molecule has 0 bridgehead atoms. The van der Waals surface area contributed by atoms with Gasteiger partial charge in [-0.2, -0.15) is 0 Å². The summed E-state index contributed by atoms with van der Waals surface area (Å²) >= 11 is 0. The summed E-state index contributed by atoms with van der Waals surface area (Å²) in [5, 5.41) is 2.86. The first-order valence-corrected chi connectivity index (χ1v) is 5.49. The third-order valence-electron chi connectivity index (χ3n) is 2.46. The first kappa shape index (κ1) is 12.5. The van der Waals surface area contributed by atoms with Gasteiger partial charge < -0.3 is 15.0 Å². The smallest absolute Gasteiger partial charge is 0.410 e. The molecule has 5 heteroatoms. The number of carbonyl (C=O) groups excluding carboxylic acids is 2. The summed E-state index contributed by atoms with van der Waals surface area (Å²) in [7, 11) is 0. The molecule has 0 aliphatic carbocycles. The minimum Gasteiger partial charge on any atom is -0.445 e. The van der Waals surface area contributed by atoms with Gasteiger partial charge in [0.05, 0.1) is 0 Å². The molecule has 0 radical (unpaired) electrons. The Hall–Kier alpha value is -1.52. The summed E-state index contributed by atoms with van der Waals surface area (Å²) in [6.45, 7) is 6.66. The summed E-state index contributed by atoms with van der Waals surface area (Å²) < 4.78 is 4.91. The van der Waals surface area contributed by atoms with Crippen LogP contribution >= 0.6 is 0 Å². The number of carbonyl (C=O) groups is 2. The number of nitrogens with zero attached hydrogens (tertiary/aromatic N) is 1. The summed E-state index contributed by atoms with van der Waals surface area (Å²) in [5.74, 6) is 0.0197. The standard InChI is InChI=1S/C11H18N2O3/c1-3-7-16-11(15)13-6-5-9(8-13)12-10(14)4-2/h3,9H,1,4-8H2,2H3,(H,12,14). The van der Waals surface area contributed by atoms with Gasteiger partial charge in [0.25, 0.3) is 0 Å². The fourth-order valence-electron chi connectivity index (χ4n) is 1.60. The van der Waals surface area contributed by atoms with E-state index >= 15 is 0 Å². The number of likely N-dealkylation sites (tertiary alicyclic amines) is 1. The Kier molecular flexibility index (Phi) is 4.82. The molecule has 1 fully saturated rings. The van der Waals surface area contributed by atoms with E-state index in [1.165, 1.54) is 6.08 Å². The second-order valence-corrected chi connectivity index (χ2v) is 3.72. The van der Waals surface area contributed by atoms with E-state index in [1.807, 2.05) is 0 Å². The zero-order valence-electron chi connectivity index (χ0n) is 9.57. The van der Waals surface area contributed by atoms with Crippen LogP contribution < -0.4 is 5.32 Å². The molecule has 1 atom stereocenters. The molecule has 0 aromatic rings. The Labute approximate surface area is 95.4 Å². The van der Waals surface area contributed by atoms with Gasteiger partial charge >= 0.3 is 6.09 Å². The molecular formula is C11H18N2O3. The minimum absolute atomic E-state index is 0.0197. The number of hydrogen-bond acceptors (Lipinski definition) is 3. The van der Waals surface area contributed by atoms with Gasteiger partial charge in [-0.1, -0.05) is 19.6 Å². The van der Waals surface area contributed by atoms with E-state index in [-0.39, 0.29) is 24.6 Å². The third kappa shape index (κ3) is 3.56. The monoisotopic (exact) mass is 226 g/mol. The van der Waals surface area contributed by atoms with E-state index in [9.17, 15) is 9.59 Å². The van der Waals surface area contributed by atoms with Gasteiger partial charge in [-0.3, -0.25) is 4.79 Å². The van der Waals surface area contributed by atoms with Gasteiger partial charge in [0.1, 0.15) is 6.61 Å². The molecule has 1 unspecified atom stereocenters. The summed E-state index contributed by atoms with van der Waals surface area (Å²) in [5.41, 5.74) is 0. The van der Waals surface area contributed by atoms with Crippen molar-refractivity contribution in [3.05, 3.63) is 12.7 Å².